The Balaban J connectivity index is 2.45. The van der Waals surface area contributed by atoms with Gasteiger partial charge in [0.15, 0.2) is 0 Å². The Kier molecular flexibility index (Phi) is 3.18. The molecule has 0 amide bonds. The number of hydrogen-bond acceptors (Lipinski definition) is 1. The largest absolute Gasteiger partial charge is 0.416 e. The van der Waals surface area contributed by atoms with Crippen molar-refractivity contribution in [2.24, 2.45) is 0 Å². The summed E-state index contributed by atoms with van der Waals surface area (Å²) >= 11 is 9.00. The van der Waals surface area contributed by atoms with Crippen molar-refractivity contribution in [2.75, 3.05) is 0 Å². The zero-order valence-electron chi connectivity index (χ0n) is 8.17. The smallest absolute Gasteiger partial charge is 0.238 e. The van der Waals surface area contributed by atoms with Crippen molar-refractivity contribution < 1.29 is 13.2 Å². The van der Waals surface area contributed by atoms with Gasteiger partial charge < -0.3 is 0 Å². The van der Waals surface area contributed by atoms with Gasteiger partial charge in [-0.2, -0.15) is 18.3 Å². The molecule has 17 heavy (non-hydrogen) atoms. The topological polar surface area (TPSA) is 17.8 Å². The van der Waals surface area contributed by atoms with Crippen LogP contribution in [0, 0.1) is 0 Å². The lowest BCUT2D eigenvalue weighted by molar-refractivity contribution is -0.137. The Bertz CT molecular complexity index is 551. The van der Waals surface area contributed by atoms with E-state index in [2.05, 4.69) is 21.0 Å². The van der Waals surface area contributed by atoms with Gasteiger partial charge in [-0.05, 0) is 34.1 Å². The molecule has 0 unspecified atom stereocenters. The molecule has 0 bridgehead atoms. The Labute approximate surface area is 108 Å². The Morgan fingerprint density at radius 1 is 1.29 bits per heavy atom. The molecule has 0 aliphatic heterocycles. The minimum absolute atomic E-state index is 0.00424. The standard InChI is InChI=1S/C10H5BrClF3N2/c11-7-4-16-17(5-7)9-2-1-6(3-8(9)12)10(13,14)15/h1-5H. The quantitative estimate of drug-likeness (QED) is 0.764. The first kappa shape index (κ1) is 12.4. The minimum atomic E-state index is -4.40. The summed E-state index contributed by atoms with van der Waals surface area (Å²) in [6.07, 6.45) is -1.27. The Hall–Kier alpha value is -1.01. The van der Waals surface area contributed by atoms with Crippen molar-refractivity contribution in [3.63, 3.8) is 0 Å². The van der Waals surface area contributed by atoms with Crippen molar-refractivity contribution in [3.8, 4) is 5.69 Å². The number of alkyl halides is 3. The predicted octanol–water partition coefficient (Wildman–Crippen LogP) is 4.31. The van der Waals surface area contributed by atoms with Crippen LogP contribution >= 0.6 is 27.5 Å². The molecule has 0 saturated heterocycles. The molecular weight excluding hydrogens is 320 g/mol. The maximum Gasteiger partial charge on any atom is 0.416 e. The molecule has 2 aromatic rings. The van der Waals surface area contributed by atoms with E-state index in [0.717, 1.165) is 12.1 Å². The fourth-order valence-corrected chi connectivity index (χ4v) is 1.85. The molecule has 2 nitrogen and oxygen atoms in total. The first-order valence-electron chi connectivity index (χ1n) is 4.45. The molecule has 7 heteroatoms. The summed E-state index contributed by atoms with van der Waals surface area (Å²) in [6, 6.07) is 3.13. The summed E-state index contributed by atoms with van der Waals surface area (Å²) in [5, 5.41) is 3.94. The molecule has 1 aromatic heterocycles. The highest BCUT2D eigenvalue weighted by Gasteiger charge is 2.31. The fourth-order valence-electron chi connectivity index (χ4n) is 1.30. The van der Waals surface area contributed by atoms with E-state index in [0.29, 0.717) is 10.2 Å². The second-order valence-corrected chi connectivity index (χ2v) is 4.59. The summed E-state index contributed by atoms with van der Waals surface area (Å²) in [7, 11) is 0. The molecule has 0 N–H and O–H groups in total. The molecule has 1 aromatic carbocycles. The van der Waals surface area contributed by atoms with Crippen molar-refractivity contribution in [1.82, 2.24) is 9.78 Å². The maximum atomic E-state index is 12.4. The average molecular weight is 326 g/mol. The third kappa shape index (κ3) is 2.63. The van der Waals surface area contributed by atoms with E-state index in [4.69, 9.17) is 11.6 Å². The van der Waals surface area contributed by atoms with Gasteiger partial charge in [0.1, 0.15) is 0 Å². The van der Waals surface area contributed by atoms with Crippen LogP contribution in [0.1, 0.15) is 5.56 Å². The van der Waals surface area contributed by atoms with E-state index >= 15 is 0 Å². The first-order chi connectivity index (χ1) is 7.88. The first-order valence-corrected chi connectivity index (χ1v) is 5.62. The number of rotatable bonds is 1. The summed E-state index contributed by atoms with van der Waals surface area (Å²) in [5.41, 5.74) is -0.386. The van der Waals surface area contributed by atoms with Crippen LogP contribution in [0.4, 0.5) is 13.2 Å². The molecular formula is C10H5BrClF3N2. The number of aromatic nitrogens is 2. The zero-order chi connectivity index (χ0) is 12.6. The molecule has 0 aliphatic carbocycles. The second-order valence-electron chi connectivity index (χ2n) is 3.27. The normalized spacial score (nSPS) is 11.8. The van der Waals surface area contributed by atoms with Crippen LogP contribution in [0.3, 0.4) is 0 Å². The van der Waals surface area contributed by atoms with E-state index in [-0.39, 0.29) is 5.02 Å². The number of hydrogen-bond donors (Lipinski definition) is 0. The van der Waals surface area contributed by atoms with E-state index in [1.165, 1.54) is 16.9 Å². The Morgan fingerprint density at radius 3 is 2.47 bits per heavy atom. The van der Waals surface area contributed by atoms with Crippen LogP contribution in [0.2, 0.25) is 5.02 Å². The van der Waals surface area contributed by atoms with Crippen molar-refractivity contribution in [1.29, 1.82) is 0 Å². The van der Waals surface area contributed by atoms with Crippen molar-refractivity contribution in [3.05, 3.63) is 45.7 Å². The van der Waals surface area contributed by atoms with E-state index in [9.17, 15) is 13.2 Å². The molecule has 1 heterocycles. The Morgan fingerprint density at radius 2 is 2.00 bits per heavy atom. The zero-order valence-corrected chi connectivity index (χ0v) is 10.5. The fraction of sp³-hybridized carbons (Fsp3) is 0.100. The van der Waals surface area contributed by atoms with Gasteiger partial charge in [0.05, 0.1) is 26.9 Å². The molecule has 0 spiro atoms. The number of benzene rings is 1. The third-order valence-corrected chi connectivity index (χ3v) is 2.79. The lowest BCUT2D eigenvalue weighted by atomic mass is 10.2. The third-order valence-electron chi connectivity index (χ3n) is 2.07. The molecule has 0 aliphatic rings. The number of halogens is 5. The molecule has 0 saturated carbocycles. The average Bonchev–Trinajstić information content (AvgIpc) is 2.63. The summed E-state index contributed by atoms with van der Waals surface area (Å²) in [5.74, 6) is 0. The molecule has 2 rings (SSSR count). The van der Waals surface area contributed by atoms with Gasteiger partial charge in [-0.1, -0.05) is 11.6 Å². The molecule has 0 fully saturated rings. The van der Waals surface area contributed by atoms with E-state index < -0.39 is 11.7 Å². The lowest BCUT2D eigenvalue weighted by Crippen LogP contribution is -2.05. The van der Waals surface area contributed by atoms with Crippen LogP contribution in [0.15, 0.2) is 35.1 Å². The number of nitrogens with zero attached hydrogens (tertiary/aromatic N) is 2. The molecule has 0 atom stereocenters. The monoisotopic (exact) mass is 324 g/mol. The van der Waals surface area contributed by atoms with Crippen LogP contribution in [0.5, 0.6) is 0 Å². The highest BCUT2D eigenvalue weighted by molar-refractivity contribution is 9.10. The van der Waals surface area contributed by atoms with Crippen molar-refractivity contribution in [2.45, 2.75) is 6.18 Å². The molecule has 0 radical (unpaired) electrons. The van der Waals surface area contributed by atoms with Crippen molar-refractivity contribution >= 4 is 27.5 Å². The maximum absolute atomic E-state index is 12.4. The van der Waals surface area contributed by atoms with Gasteiger partial charge in [-0.15, -0.1) is 0 Å². The SMILES string of the molecule is FC(F)(F)c1ccc(-n2cc(Br)cn2)c(Cl)c1. The van der Waals surface area contributed by atoms with Gasteiger partial charge >= 0.3 is 6.18 Å². The predicted molar refractivity (Wildman–Crippen MR) is 61.3 cm³/mol. The van der Waals surface area contributed by atoms with Crippen LogP contribution in [-0.2, 0) is 6.18 Å². The van der Waals surface area contributed by atoms with Gasteiger partial charge in [-0.25, -0.2) is 4.68 Å². The highest BCUT2D eigenvalue weighted by atomic mass is 79.9. The highest BCUT2D eigenvalue weighted by Crippen LogP contribution is 2.33. The van der Waals surface area contributed by atoms with Crippen LogP contribution in [-0.4, -0.2) is 9.78 Å². The van der Waals surface area contributed by atoms with Crippen LogP contribution in [0.25, 0.3) is 5.69 Å². The van der Waals surface area contributed by atoms with Crippen LogP contribution < -0.4 is 0 Å². The summed E-state index contributed by atoms with van der Waals surface area (Å²) in [6.45, 7) is 0. The van der Waals surface area contributed by atoms with Gasteiger partial charge in [0.2, 0.25) is 0 Å². The summed E-state index contributed by atoms with van der Waals surface area (Å²) < 4.78 is 39.4. The second kappa shape index (κ2) is 4.34. The molecule has 90 valence electrons. The van der Waals surface area contributed by atoms with E-state index in [1.807, 2.05) is 0 Å². The van der Waals surface area contributed by atoms with E-state index in [1.54, 1.807) is 6.20 Å². The van der Waals surface area contributed by atoms with Gasteiger partial charge in [0.25, 0.3) is 0 Å². The van der Waals surface area contributed by atoms with Gasteiger partial charge in [0, 0.05) is 6.20 Å². The van der Waals surface area contributed by atoms with Gasteiger partial charge in [-0.3, -0.25) is 0 Å². The lowest BCUT2D eigenvalue weighted by Gasteiger charge is -2.09. The minimum Gasteiger partial charge on any atom is -0.238 e. The summed E-state index contributed by atoms with van der Waals surface area (Å²) in [4.78, 5) is 0.